The predicted octanol–water partition coefficient (Wildman–Crippen LogP) is 3.35. The molecule has 1 aromatic heterocycles. The van der Waals surface area contributed by atoms with Crippen LogP contribution in [-0.4, -0.2) is 15.0 Å². The van der Waals surface area contributed by atoms with E-state index in [0.717, 1.165) is 15.7 Å². The molecule has 0 aliphatic heterocycles. The van der Waals surface area contributed by atoms with Crippen LogP contribution in [0.1, 0.15) is 29.9 Å². The Hall–Kier alpha value is -1.53. The molecule has 0 saturated carbocycles. The molecule has 1 unspecified atom stereocenters. The Morgan fingerprint density at radius 2 is 2.10 bits per heavy atom. The summed E-state index contributed by atoms with van der Waals surface area (Å²) in [5, 5.41) is 3.26. The number of aryl methyl sites for hydroxylation is 1. The Morgan fingerprint density at radius 1 is 1.35 bits per heavy atom. The summed E-state index contributed by atoms with van der Waals surface area (Å²) < 4.78 is 1.04. The standard InChI is InChI=1S/C14H15BrN4S/c1-8-6-12(13(16)20)19-14(17-8)18-9(2)10-4-3-5-11(15)7-10/h3-7,9H,1-2H3,(H2,16,20)(H,17,18,19). The molecule has 0 saturated heterocycles. The highest BCUT2D eigenvalue weighted by Gasteiger charge is 2.09. The SMILES string of the molecule is Cc1cc(C(N)=S)nc(NC(C)c2cccc(Br)c2)n1. The van der Waals surface area contributed by atoms with E-state index in [2.05, 4.69) is 37.3 Å². The van der Waals surface area contributed by atoms with Crippen molar-refractivity contribution in [2.24, 2.45) is 5.73 Å². The van der Waals surface area contributed by atoms with E-state index >= 15 is 0 Å². The fourth-order valence-corrected chi connectivity index (χ4v) is 2.33. The number of halogens is 1. The molecule has 2 rings (SSSR count). The Morgan fingerprint density at radius 3 is 2.75 bits per heavy atom. The molecule has 0 radical (unpaired) electrons. The van der Waals surface area contributed by atoms with Crippen molar-refractivity contribution in [2.75, 3.05) is 5.32 Å². The van der Waals surface area contributed by atoms with Crippen LogP contribution in [0.3, 0.4) is 0 Å². The number of nitrogens with zero attached hydrogens (tertiary/aromatic N) is 2. The third kappa shape index (κ3) is 3.74. The molecule has 0 aliphatic rings. The van der Waals surface area contributed by atoms with E-state index in [1.807, 2.05) is 32.0 Å². The minimum atomic E-state index is 0.0773. The Kier molecular flexibility index (Phi) is 4.67. The summed E-state index contributed by atoms with van der Waals surface area (Å²) in [7, 11) is 0. The van der Waals surface area contributed by atoms with Crippen LogP contribution in [0.5, 0.6) is 0 Å². The van der Waals surface area contributed by atoms with Gasteiger partial charge in [-0.1, -0.05) is 40.3 Å². The lowest BCUT2D eigenvalue weighted by Crippen LogP contribution is -2.16. The first-order valence-electron chi connectivity index (χ1n) is 6.13. The third-order valence-corrected chi connectivity index (χ3v) is 3.50. The van der Waals surface area contributed by atoms with Crippen LogP contribution in [0, 0.1) is 6.92 Å². The Balaban J connectivity index is 2.23. The number of hydrogen-bond acceptors (Lipinski definition) is 4. The number of benzene rings is 1. The third-order valence-electron chi connectivity index (χ3n) is 2.80. The molecule has 0 amide bonds. The van der Waals surface area contributed by atoms with Crippen LogP contribution < -0.4 is 11.1 Å². The first kappa shape index (κ1) is 14.9. The molecule has 1 aromatic carbocycles. The fourth-order valence-electron chi connectivity index (χ4n) is 1.81. The number of nitrogens with one attached hydrogen (secondary N) is 1. The second-order valence-corrected chi connectivity index (χ2v) is 5.86. The van der Waals surface area contributed by atoms with E-state index in [-0.39, 0.29) is 11.0 Å². The molecule has 0 aliphatic carbocycles. The molecule has 6 heteroatoms. The molecule has 1 atom stereocenters. The maximum atomic E-state index is 5.62. The molecule has 0 spiro atoms. The average molecular weight is 351 g/mol. The van der Waals surface area contributed by atoms with Crippen LogP contribution in [0.4, 0.5) is 5.95 Å². The lowest BCUT2D eigenvalue weighted by Gasteiger charge is -2.15. The molecule has 104 valence electrons. The van der Waals surface area contributed by atoms with Gasteiger partial charge >= 0.3 is 0 Å². The minimum Gasteiger partial charge on any atom is -0.388 e. The highest BCUT2D eigenvalue weighted by molar-refractivity contribution is 9.10. The van der Waals surface area contributed by atoms with Gasteiger partial charge in [0.05, 0.1) is 6.04 Å². The predicted molar refractivity (Wildman–Crippen MR) is 88.8 cm³/mol. The topological polar surface area (TPSA) is 63.8 Å². The summed E-state index contributed by atoms with van der Waals surface area (Å²) in [6.07, 6.45) is 0. The average Bonchev–Trinajstić information content (AvgIpc) is 2.37. The van der Waals surface area contributed by atoms with Crippen LogP contribution in [-0.2, 0) is 0 Å². The zero-order chi connectivity index (χ0) is 14.7. The molecule has 1 heterocycles. The number of rotatable bonds is 4. The highest BCUT2D eigenvalue weighted by Crippen LogP contribution is 2.20. The van der Waals surface area contributed by atoms with Gasteiger partial charge in [-0.25, -0.2) is 9.97 Å². The van der Waals surface area contributed by atoms with Gasteiger partial charge in [-0.15, -0.1) is 0 Å². The van der Waals surface area contributed by atoms with E-state index in [0.29, 0.717) is 11.6 Å². The van der Waals surface area contributed by atoms with E-state index in [9.17, 15) is 0 Å². The number of aromatic nitrogens is 2. The first-order valence-corrected chi connectivity index (χ1v) is 7.33. The molecule has 4 nitrogen and oxygen atoms in total. The molecule has 20 heavy (non-hydrogen) atoms. The van der Waals surface area contributed by atoms with Gasteiger partial charge in [-0.05, 0) is 37.6 Å². The van der Waals surface area contributed by atoms with Gasteiger partial charge in [0.15, 0.2) is 0 Å². The maximum absolute atomic E-state index is 5.62. The quantitative estimate of drug-likeness (QED) is 0.827. The second kappa shape index (κ2) is 6.28. The van der Waals surface area contributed by atoms with E-state index in [1.165, 1.54) is 0 Å². The van der Waals surface area contributed by atoms with Crippen molar-refractivity contribution in [3.8, 4) is 0 Å². The van der Waals surface area contributed by atoms with E-state index < -0.39 is 0 Å². The Labute approximate surface area is 132 Å². The van der Waals surface area contributed by atoms with Crippen molar-refractivity contribution in [3.63, 3.8) is 0 Å². The van der Waals surface area contributed by atoms with Gasteiger partial charge in [0.1, 0.15) is 10.7 Å². The number of nitrogens with two attached hydrogens (primary N) is 1. The number of hydrogen-bond donors (Lipinski definition) is 2. The zero-order valence-corrected chi connectivity index (χ0v) is 13.6. The van der Waals surface area contributed by atoms with Crippen molar-refractivity contribution in [1.29, 1.82) is 0 Å². The Bertz CT molecular complexity index is 645. The van der Waals surface area contributed by atoms with Gasteiger partial charge in [-0.3, -0.25) is 0 Å². The molecule has 0 fully saturated rings. The van der Waals surface area contributed by atoms with Crippen molar-refractivity contribution in [2.45, 2.75) is 19.9 Å². The second-order valence-electron chi connectivity index (χ2n) is 4.50. The summed E-state index contributed by atoms with van der Waals surface area (Å²) in [4.78, 5) is 8.95. The van der Waals surface area contributed by atoms with Crippen molar-refractivity contribution in [3.05, 3.63) is 51.8 Å². The summed E-state index contributed by atoms with van der Waals surface area (Å²) in [5.41, 5.74) is 8.17. The highest BCUT2D eigenvalue weighted by atomic mass is 79.9. The summed E-state index contributed by atoms with van der Waals surface area (Å²) >= 11 is 8.42. The van der Waals surface area contributed by atoms with Crippen LogP contribution >= 0.6 is 28.1 Å². The largest absolute Gasteiger partial charge is 0.388 e. The molecule has 2 aromatic rings. The zero-order valence-electron chi connectivity index (χ0n) is 11.2. The number of anilines is 1. The smallest absolute Gasteiger partial charge is 0.224 e. The summed E-state index contributed by atoms with van der Waals surface area (Å²) in [5.74, 6) is 0.528. The monoisotopic (exact) mass is 350 g/mol. The van der Waals surface area contributed by atoms with E-state index in [4.69, 9.17) is 18.0 Å². The molecule has 3 N–H and O–H groups in total. The van der Waals surface area contributed by atoms with Crippen LogP contribution in [0.25, 0.3) is 0 Å². The molecule has 0 bridgehead atoms. The molecular formula is C14H15BrN4S. The van der Waals surface area contributed by atoms with Crippen LogP contribution in [0.15, 0.2) is 34.8 Å². The fraction of sp³-hybridized carbons (Fsp3) is 0.214. The minimum absolute atomic E-state index is 0.0773. The van der Waals surface area contributed by atoms with Crippen molar-refractivity contribution >= 4 is 39.1 Å². The maximum Gasteiger partial charge on any atom is 0.224 e. The van der Waals surface area contributed by atoms with Gasteiger partial charge in [0.2, 0.25) is 5.95 Å². The van der Waals surface area contributed by atoms with Gasteiger partial charge < -0.3 is 11.1 Å². The van der Waals surface area contributed by atoms with Crippen LogP contribution in [0.2, 0.25) is 0 Å². The number of thiocarbonyl (C=S) groups is 1. The van der Waals surface area contributed by atoms with E-state index in [1.54, 1.807) is 6.07 Å². The molecular weight excluding hydrogens is 336 g/mol. The normalized spacial score (nSPS) is 11.9. The lowest BCUT2D eigenvalue weighted by atomic mass is 10.1. The summed E-state index contributed by atoms with van der Waals surface area (Å²) in [6, 6.07) is 9.94. The first-order chi connectivity index (χ1) is 9.45. The van der Waals surface area contributed by atoms with Gasteiger partial charge in [0, 0.05) is 10.2 Å². The summed E-state index contributed by atoms with van der Waals surface area (Å²) in [6.45, 7) is 3.94. The van der Waals surface area contributed by atoms with Crippen molar-refractivity contribution in [1.82, 2.24) is 9.97 Å². The lowest BCUT2D eigenvalue weighted by molar-refractivity contribution is 0.855. The van der Waals surface area contributed by atoms with Gasteiger partial charge in [0.25, 0.3) is 0 Å². The van der Waals surface area contributed by atoms with Gasteiger partial charge in [-0.2, -0.15) is 0 Å². The van der Waals surface area contributed by atoms with Crippen molar-refractivity contribution < 1.29 is 0 Å².